The first-order chi connectivity index (χ1) is 13.2. The molecule has 0 bridgehead atoms. The van der Waals surface area contributed by atoms with Crippen molar-refractivity contribution in [3.63, 3.8) is 0 Å². The number of fused-ring (bicyclic) bond motifs is 1. The summed E-state index contributed by atoms with van der Waals surface area (Å²) in [5, 5.41) is 22.9. The zero-order valence-electron chi connectivity index (χ0n) is 16.1. The molecular weight excluding hydrogens is 360 g/mol. The van der Waals surface area contributed by atoms with Crippen molar-refractivity contribution in [2.75, 3.05) is 6.54 Å². The lowest BCUT2D eigenvalue weighted by atomic mass is 10.1. The molecule has 0 radical (unpaired) electrons. The molecule has 2 heterocycles. The molecule has 1 aliphatic rings. The minimum absolute atomic E-state index is 0.219. The molecule has 0 fully saturated rings. The average molecular weight is 382 g/mol. The molecule has 0 saturated heterocycles. The second-order valence-electron chi connectivity index (χ2n) is 7.70. The van der Waals surface area contributed by atoms with E-state index in [0.29, 0.717) is 25.2 Å². The summed E-state index contributed by atoms with van der Waals surface area (Å²) in [4.78, 5) is 24.9. The minimum atomic E-state index is -0.975. The molecule has 0 spiro atoms. The van der Waals surface area contributed by atoms with E-state index in [1.807, 2.05) is 20.8 Å². The average Bonchev–Trinajstić information content (AvgIpc) is 2.97. The van der Waals surface area contributed by atoms with Gasteiger partial charge in [0.25, 0.3) is 0 Å². The van der Waals surface area contributed by atoms with Gasteiger partial charge in [-0.15, -0.1) is 0 Å². The van der Waals surface area contributed by atoms with Crippen LogP contribution in [0.3, 0.4) is 0 Å². The van der Waals surface area contributed by atoms with Gasteiger partial charge in [0, 0.05) is 24.2 Å². The molecule has 1 aromatic heterocycles. The van der Waals surface area contributed by atoms with Crippen molar-refractivity contribution in [3.05, 3.63) is 52.3 Å². The van der Waals surface area contributed by atoms with Crippen LogP contribution in [0.15, 0.2) is 24.3 Å². The predicted octanol–water partition coefficient (Wildman–Crippen LogP) is 2.79. The standard InChI is InChI=1S/C20H22N4O4/c1-20(2,3)28-19(27)23-9-8-17-15(12-23)16(10-21)22-24(17)11-13-4-6-14(7-5-13)18(25)26/h4-7H,8-9,11-12H2,1-3H3,(H,25,26). The van der Waals surface area contributed by atoms with Crippen LogP contribution in [0.2, 0.25) is 0 Å². The van der Waals surface area contributed by atoms with Crippen LogP contribution >= 0.6 is 0 Å². The van der Waals surface area contributed by atoms with Crippen LogP contribution in [-0.2, 0) is 24.2 Å². The monoisotopic (exact) mass is 382 g/mol. The summed E-state index contributed by atoms with van der Waals surface area (Å²) in [5.74, 6) is -0.975. The topological polar surface area (TPSA) is 108 Å². The molecule has 2 aromatic rings. The Morgan fingerprint density at radius 1 is 1.29 bits per heavy atom. The zero-order valence-corrected chi connectivity index (χ0v) is 16.1. The Morgan fingerprint density at radius 2 is 1.96 bits per heavy atom. The van der Waals surface area contributed by atoms with Crippen LogP contribution in [-0.4, -0.2) is 44.0 Å². The quantitative estimate of drug-likeness (QED) is 0.874. The van der Waals surface area contributed by atoms with Gasteiger partial charge >= 0.3 is 12.1 Å². The summed E-state index contributed by atoms with van der Waals surface area (Å²) in [6, 6.07) is 8.67. The van der Waals surface area contributed by atoms with Crippen molar-refractivity contribution in [2.24, 2.45) is 0 Å². The fourth-order valence-electron chi connectivity index (χ4n) is 3.12. The van der Waals surface area contributed by atoms with Gasteiger partial charge in [0.05, 0.1) is 18.7 Å². The van der Waals surface area contributed by atoms with E-state index < -0.39 is 17.7 Å². The summed E-state index contributed by atoms with van der Waals surface area (Å²) < 4.78 is 7.19. The maximum absolute atomic E-state index is 12.4. The number of amides is 1. The zero-order chi connectivity index (χ0) is 20.5. The van der Waals surface area contributed by atoms with E-state index in [0.717, 1.165) is 16.8 Å². The summed E-state index contributed by atoms with van der Waals surface area (Å²) >= 11 is 0. The van der Waals surface area contributed by atoms with Gasteiger partial charge in [0.1, 0.15) is 11.7 Å². The van der Waals surface area contributed by atoms with E-state index in [-0.39, 0.29) is 12.1 Å². The second kappa shape index (κ2) is 7.35. The lowest BCUT2D eigenvalue weighted by Gasteiger charge is -2.30. The van der Waals surface area contributed by atoms with Crippen LogP contribution in [0, 0.1) is 11.3 Å². The van der Waals surface area contributed by atoms with Gasteiger partial charge in [-0.05, 0) is 38.5 Å². The maximum Gasteiger partial charge on any atom is 0.410 e. The summed E-state index contributed by atoms with van der Waals surface area (Å²) in [7, 11) is 0. The molecule has 146 valence electrons. The highest BCUT2D eigenvalue weighted by atomic mass is 16.6. The molecule has 1 amide bonds. The van der Waals surface area contributed by atoms with E-state index in [4.69, 9.17) is 9.84 Å². The van der Waals surface area contributed by atoms with Crippen molar-refractivity contribution in [3.8, 4) is 6.07 Å². The number of nitrogens with zero attached hydrogens (tertiary/aromatic N) is 4. The largest absolute Gasteiger partial charge is 0.478 e. The number of aromatic carboxylic acids is 1. The number of hydrogen-bond acceptors (Lipinski definition) is 5. The van der Waals surface area contributed by atoms with Gasteiger partial charge in [-0.3, -0.25) is 4.68 Å². The van der Waals surface area contributed by atoms with E-state index in [9.17, 15) is 14.9 Å². The molecule has 3 rings (SSSR count). The molecule has 1 N–H and O–H groups in total. The Morgan fingerprint density at radius 3 is 2.54 bits per heavy atom. The van der Waals surface area contributed by atoms with Crippen molar-refractivity contribution < 1.29 is 19.4 Å². The smallest absolute Gasteiger partial charge is 0.410 e. The number of carboxylic acid groups (broad SMARTS) is 1. The van der Waals surface area contributed by atoms with Crippen LogP contribution < -0.4 is 0 Å². The Labute approximate surface area is 162 Å². The van der Waals surface area contributed by atoms with Crippen LogP contribution in [0.4, 0.5) is 4.79 Å². The molecule has 0 unspecified atom stereocenters. The van der Waals surface area contributed by atoms with Crippen LogP contribution in [0.1, 0.15) is 53.6 Å². The predicted molar refractivity (Wildman–Crippen MR) is 99.8 cm³/mol. The normalized spacial score (nSPS) is 13.6. The summed E-state index contributed by atoms with van der Waals surface area (Å²) in [5.41, 5.74) is 2.47. The SMILES string of the molecule is CC(C)(C)OC(=O)N1CCc2c(c(C#N)nn2Cc2ccc(C(=O)O)cc2)C1. The van der Waals surface area contributed by atoms with Gasteiger partial charge in [-0.2, -0.15) is 10.4 Å². The first-order valence-electron chi connectivity index (χ1n) is 8.97. The second-order valence-corrected chi connectivity index (χ2v) is 7.70. The van der Waals surface area contributed by atoms with E-state index in [1.54, 1.807) is 33.8 Å². The highest BCUT2D eigenvalue weighted by Gasteiger charge is 2.30. The number of nitriles is 1. The van der Waals surface area contributed by atoms with Gasteiger partial charge in [-0.1, -0.05) is 12.1 Å². The van der Waals surface area contributed by atoms with E-state index >= 15 is 0 Å². The van der Waals surface area contributed by atoms with Crippen molar-refractivity contribution in [2.45, 2.75) is 45.9 Å². The number of hydrogen-bond donors (Lipinski definition) is 1. The third kappa shape index (κ3) is 4.14. The molecule has 0 saturated carbocycles. The number of benzene rings is 1. The maximum atomic E-state index is 12.4. The Kier molecular flexibility index (Phi) is 5.10. The number of rotatable bonds is 3. The molecular formula is C20H22N4O4. The number of ether oxygens (including phenoxy) is 1. The molecule has 8 nitrogen and oxygen atoms in total. The number of aromatic nitrogens is 2. The highest BCUT2D eigenvalue weighted by molar-refractivity contribution is 5.87. The summed E-state index contributed by atoms with van der Waals surface area (Å²) in [6.07, 6.45) is 0.162. The number of carboxylic acids is 1. The first-order valence-corrected chi connectivity index (χ1v) is 8.97. The molecule has 1 aromatic carbocycles. The lowest BCUT2D eigenvalue weighted by molar-refractivity contribution is 0.0222. The molecule has 0 atom stereocenters. The Balaban J connectivity index is 1.81. The van der Waals surface area contributed by atoms with Crippen molar-refractivity contribution in [1.82, 2.24) is 14.7 Å². The van der Waals surface area contributed by atoms with E-state index in [1.165, 1.54) is 0 Å². The molecule has 8 heteroatoms. The van der Waals surface area contributed by atoms with Gasteiger partial charge < -0.3 is 14.7 Å². The van der Waals surface area contributed by atoms with Crippen LogP contribution in [0.5, 0.6) is 0 Å². The molecule has 28 heavy (non-hydrogen) atoms. The lowest BCUT2D eigenvalue weighted by Crippen LogP contribution is -2.40. The third-order valence-corrected chi connectivity index (χ3v) is 4.42. The van der Waals surface area contributed by atoms with Crippen molar-refractivity contribution >= 4 is 12.1 Å². The van der Waals surface area contributed by atoms with Gasteiger partial charge in [0.15, 0.2) is 5.69 Å². The Hall–Kier alpha value is -3.34. The number of carbonyl (C=O) groups is 2. The highest BCUT2D eigenvalue weighted by Crippen LogP contribution is 2.24. The third-order valence-electron chi connectivity index (χ3n) is 4.42. The fourth-order valence-corrected chi connectivity index (χ4v) is 3.12. The molecule has 1 aliphatic heterocycles. The summed E-state index contributed by atoms with van der Waals surface area (Å²) in [6.45, 7) is 6.63. The Bertz CT molecular complexity index is 948. The van der Waals surface area contributed by atoms with Gasteiger partial charge in [0.2, 0.25) is 0 Å². The van der Waals surface area contributed by atoms with Gasteiger partial charge in [-0.25, -0.2) is 9.59 Å². The minimum Gasteiger partial charge on any atom is -0.478 e. The number of carbonyl (C=O) groups excluding carboxylic acids is 1. The fraction of sp³-hybridized carbons (Fsp3) is 0.400. The van der Waals surface area contributed by atoms with E-state index in [2.05, 4.69) is 11.2 Å². The van der Waals surface area contributed by atoms with Crippen molar-refractivity contribution in [1.29, 1.82) is 5.26 Å². The van der Waals surface area contributed by atoms with Crippen LogP contribution in [0.25, 0.3) is 0 Å². The first kappa shape index (κ1) is 19.4. The molecule has 0 aliphatic carbocycles.